The minimum absolute atomic E-state index is 0.0750. The van der Waals surface area contributed by atoms with Gasteiger partial charge in [0.1, 0.15) is 11.6 Å². The molecule has 2 aliphatic rings. The third-order valence-electron chi connectivity index (χ3n) is 4.34. The van der Waals surface area contributed by atoms with Crippen LogP contribution in [0.2, 0.25) is 0 Å². The maximum Gasteiger partial charge on any atom is 0.307 e. The topological polar surface area (TPSA) is 109 Å². The summed E-state index contributed by atoms with van der Waals surface area (Å²) in [5, 5.41) is 18.1. The predicted octanol–water partition coefficient (Wildman–Crippen LogP) is 0.736. The monoisotopic (exact) mass is 268 g/mol. The number of ketones is 2. The minimum Gasteiger partial charge on any atom is -0.481 e. The predicted molar refractivity (Wildman–Crippen MR) is 62.3 cm³/mol. The number of Topliss-reactive ketones (excluding diaryl/α,β-unsaturated/α-hetero) is 2. The summed E-state index contributed by atoms with van der Waals surface area (Å²) in [5.41, 5.74) is 0. The summed E-state index contributed by atoms with van der Waals surface area (Å²) in [6.07, 6.45) is 1.07. The zero-order chi connectivity index (χ0) is 14.2. The highest BCUT2D eigenvalue weighted by Crippen LogP contribution is 2.40. The lowest BCUT2D eigenvalue weighted by molar-refractivity contribution is -0.146. The molecule has 0 radical (unpaired) electrons. The van der Waals surface area contributed by atoms with Crippen LogP contribution in [0.5, 0.6) is 0 Å². The number of hydrogen-bond acceptors (Lipinski definition) is 4. The molecule has 0 spiro atoms. The molecule has 2 fully saturated rings. The molecule has 6 nitrogen and oxygen atoms in total. The van der Waals surface area contributed by atoms with E-state index in [0.29, 0.717) is 0 Å². The van der Waals surface area contributed by atoms with Crippen LogP contribution in [0.1, 0.15) is 32.1 Å². The van der Waals surface area contributed by atoms with Gasteiger partial charge in [0.25, 0.3) is 0 Å². The van der Waals surface area contributed by atoms with Crippen molar-refractivity contribution in [2.24, 2.45) is 23.7 Å². The summed E-state index contributed by atoms with van der Waals surface area (Å²) < 4.78 is 0. The molecule has 104 valence electrons. The van der Waals surface area contributed by atoms with Crippen molar-refractivity contribution in [3.63, 3.8) is 0 Å². The summed E-state index contributed by atoms with van der Waals surface area (Å²) in [6, 6.07) is 0. The van der Waals surface area contributed by atoms with Gasteiger partial charge < -0.3 is 10.2 Å². The average molecular weight is 268 g/mol. The Hall–Kier alpha value is -1.72. The third-order valence-corrected chi connectivity index (χ3v) is 4.34. The van der Waals surface area contributed by atoms with Gasteiger partial charge in [-0.05, 0) is 19.3 Å². The van der Waals surface area contributed by atoms with Crippen LogP contribution in [0.3, 0.4) is 0 Å². The zero-order valence-electron chi connectivity index (χ0n) is 10.4. The summed E-state index contributed by atoms with van der Waals surface area (Å²) in [5.74, 6) is -5.32. The Balaban J connectivity index is 2.14. The number of carboxylic acid groups (broad SMARTS) is 2. The average Bonchev–Trinajstić information content (AvgIpc) is 2.85. The number of rotatable bonds is 4. The van der Waals surface area contributed by atoms with E-state index in [0.717, 1.165) is 0 Å². The van der Waals surface area contributed by atoms with Crippen LogP contribution in [0.4, 0.5) is 0 Å². The van der Waals surface area contributed by atoms with Crippen LogP contribution < -0.4 is 0 Å². The van der Waals surface area contributed by atoms with Gasteiger partial charge in [0, 0.05) is 24.7 Å². The molecule has 4 atom stereocenters. The van der Waals surface area contributed by atoms with Crippen molar-refractivity contribution in [2.45, 2.75) is 32.1 Å². The Labute approximate surface area is 109 Å². The Bertz CT molecular complexity index is 400. The second-order valence-electron chi connectivity index (χ2n) is 5.35. The Morgan fingerprint density at radius 2 is 1.26 bits per heavy atom. The largest absolute Gasteiger partial charge is 0.481 e. The zero-order valence-corrected chi connectivity index (χ0v) is 10.4. The van der Waals surface area contributed by atoms with Gasteiger partial charge in [0.05, 0.1) is 11.8 Å². The lowest BCUT2D eigenvalue weighted by Crippen LogP contribution is -2.30. The summed E-state index contributed by atoms with van der Waals surface area (Å²) >= 11 is 0. The molecular formula is C13H16O6. The van der Waals surface area contributed by atoms with E-state index in [1.807, 2.05) is 0 Å². The molecule has 0 aliphatic heterocycles. The standard InChI is InChI=1S/C13H16O6/c14-10-3-1-6(12(16)17)8(10)5-9-7(13(18)19)2-4-11(9)15/h6-9H,1-5H2,(H,16,17)(H,18,19)/t6-,7-,8?,9?/m1/s1. The van der Waals surface area contributed by atoms with Crippen molar-refractivity contribution in [1.82, 2.24) is 0 Å². The molecule has 0 aromatic carbocycles. The van der Waals surface area contributed by atoms with Gasteiger partial charge >= 0.3 is 11.9 Å². The van der Waals surface area contributed by atoms with E-state index < -0.39 is 35.6 Å². The molecule has 2 rings (SSSR count). The quantitative estimate of drug-likeness (QED) is 0.778. The van der Waals surface area contributed by atoms with E-state index >= 15 is 0 Å². The Morgan fingerprint density at radius 1 is 0.895 bits per heavy atom. The Kier molecular flexibility index (Phi) is 3.68. The molecular weight excluding hydrogens is 252 g/mol. The van der Waals surface area contributed by atoms with Crippen molar-refractivity contribution < 1.29 is 29.4 Å². The van der Waals surface area contributed by atoms with Crippen molar-refractivity contribution in [3.05, 3.63) is 0 Å². The molecule has 19 heavy (non-hydrogen) atoms. The number of carbonyl (C=O) groups excluding carboxylic acids is 2. The van der Waals surface area contributed by atoms with E-state index in [-0.39, 0.29) is 43.7 Å². The summed E-state index contributed by atoms with van der Waals surface area (Å²) in [7, 11) is 0. The van der Waals surface area contributed by atoms with E-state index in [9.17, 15) is 19.2 Å². The number of carbonyl (C=O) groups is 4. The molecule has 0 bridgehead atoms. The molecule has 2 unspecified atom stereocenters. The molecule has 0 saturated heterocycles. The van der Waals surface area contributed by atoms with E-state index in [1.54, 1.807) is 0 Å². The highest BCUT2D eigenvalue weighted by Gasteiger charge is 2.46. The van der Waals surface area contributed by atoms with Gasteiger partial charge in [-0.15, -0.1) is 0 Å². The molecule has 0 aromatic heterocycles. The number of hydrogen-bond donors (Lipinski definition) is 2. The van der Waals surface area contributed by atoms with E-state index in [2.05, 4.69) is 0 Å². The van der Waals surface area contributed by atoms with Gasteiger partial charge in [-0.1, -0.05) is 0 Å². The maximum absolute atomic E-state index is 11.7. The molecule has 0 amide bonds. The number of aliphatic carboxylic acids is 2. The molecule has 2 N–H and O–H groups in total. The van der Waals surface area contributed by atoms with Crippen LogP contribution in [-0.4, -0.2) is 33.7 Å². The first-order chi connectivity index (χ1) is 8.91. The second-order valence-corrected chi connectivity index (χ2v) is 5.35. The van der Waals surface area contributed by atoms with Gasteiger partial charge in [-0.25, -0.2) is 0 Å². The van der Waals surface area contributed by atoms with Crippen LogP contribution >= 0.6 is 0 Å². The highest BCUT2D eigenvalue weighted by molar-refractivity contribution is 5.92. The molecule has 2 saturated carbocycles. The van der Waals surface area contributed by atoms with Crippen molar-refractivity contribution in [2.75, 3.05) is 0 Å². The van der Waals surface area contributed by atoms with Crippen LogP contribution in [0, 0.1) is 23.7 Å². The van der Waals surface area contributed by atoms with Crippen LogP contribution in [0.15, 0.2) is 0 Å². The van der Waals surface area contributed by atoms with Gasteiger partial charge in [0.15, 0.2) is 0 Å². The first-order valence-corrected chi connectivity index (χ1v) is 6.43. The lowest BCUT2D eigenvalue weighted by atomic mass is 9.81. The second kappa shape index (κ2) is 5.11. The first-order valence-electron chi connectivity index (χ1n) is 6.43. The van der Waals surface area contributed by atoms with Crippen LogP contribution in [-0.2, 0) is 19.2 Å². The van der Waals surface area contributed by atoms with Crippen molar-refractivity contribution in [1.29, 1.82) is 0 Å². The molecule has 6 heteroatoms. The maximum atomic E-state index is 11.7. The fraction of sp³-hybridized carbons (Fsp3) is 0.692. The van der Waals surface area contributed by atoms with E-state index in [1.165, 1.54) is 0 Å². The first kappa shape index (κ1) is 13.7. The smallest absolute Gasteiger partial charge is 0.307 e. The third kappa shape index (κ3) is 2.52. The highest BCUT2D eigenvalue weighted by atomic mass is 16.4. The van der Waals surface area contributed by atoms with Gasteiger partial charge in [0.2, 0.25) is 0 Å². The van der Waals surface area contributed by atoms with Gasteiger partial charge in [-0.3, -0.25) is 19.2 Å². The number of carboxylic acids is 2. The summed E-state index contributed by atoms with van der Waals surface area (Å²) in [4.78, 5) is 45.6. The van der Waals surface area contributed by atoms with Crippen LogP contribution in [0.25, 0.3) is 0 Å². The molecule has 0 aromatic rings. The van der Waals surface area contributed by atoms with Crippen molar-refractivity contribution >= 4 is 23.5 Å². The van der Waals surface area contributed by atoms with Crippen molar-refractivity contribution in [3.8, 4) is 0 Å². The van der Waals surface area contributed by atoms with E-state index in [4.69, 9.17) is 10.2 Å². The normalized spacial score (nSPS) is 34.7. The molecule has 0 heterocycles. The fourth-order valence-corrected chi connectivity index (χ4v) is 3.27. The summed E-state index contributed by atoms with van der Waals surface area (Å²) in [6.45, 7) is 0. The van der Waals surface area contributed by atoms with Gasteiger partial charge in [-0.2, -0.15) is 0 Å². The Morgan fingerprint density at radius 3 is 1.58 bits per heavy atom. The minimum atomic E-state index is -1.03. The lowest BCUT2D eigenvalue weighted by Gasteiger charge is -2.20. The molecule has 2 aliphatic carbocycles. The SMILES string of the molecule is O=C1CC[C@@H](C(=O)O)C1CC1C(=O)CC[C@H]1C(=O)O. The fourth-order valence-electron chi connectivity index (χ4n) is 3.27.